The Bertz CT molecular complexity index is 630. The smallest absolute Gasteiger partial charge is 0.295 e. The molecule has 1 amide bonds. The van der Waals surface area contributed by atoms with E-state index in [-0.39, 0.29) is 0 Å². The molecule has 2 aromatic rings. The minimum atomic E-state index is -0.654. The van der Waals surface area contributed by atoms with Crippen LogP contribution in [0, 0.1) is 6.92 Å². The van der Waals surface area contributed by atoms with Crippen molar-refractivity contribution in [3.8, 4) is 0 Å². The van der Waals surface area contributed by atoms with Crippen LogP contribution in [-0.2, 0) is 4.79 Å². The van der Waals surface area contributed by atoms with Gasteiger partial charge in [-0.15, -0.1) is 11.3 Å². The van der Waals surface area contributed by atoms with Gasteiger partial charge in [-0.2, -0.15) is 0 Å². The van der Waals surface area contributed by atoms with E-state index in [0.29, 0.717) is 16.6 Å². The fourth-order valence-electron chi connectivity index (χ4n) is 1.60. The number of nitrogens with zero attached hydrogens (tertiary/aromatic N) is 1. The first-order chi connectivity index (χ1) is 9.47. The molecule has 1 aromatic heterocycles. The van der Waals surface area contributed by atoms with Gasteiger partial charge in [-0.25, -0.2) is 4.98 Å². The third-order valence-corrected chi connectivity index (χ3v) is 3.63. The van der Waals surface area contributed by atoms with Crippen molar-refractivity contribution in [3.05, 3.63) is 46.5 Å². The van der Waals surface area contributed by atoms with E-state index in [1.54, 1.807) is 24.3 Å². The van der Waals surface area contributed by atoms with Crippen LogP contribution in [0.3, 0.4) is 0 Å². The number of amides is 1. The molecule has 5 heteroatoms. The van der Waals surface area contributed by atoms with Crippen molar-refractivity contribution in [1.29, 1.82) is 0 Å². The first-order valence-corrected chi connectivity index (χ1v) is 7.23. The Labute approximate surface area is 121 Å². The van der Waals surface area contributed by atoms with Crippen LogP contribution in [0.15, 0.2) is 29.6 Å². The zero-order valence-electron chi connectivity index (χ0n) is 11.6. The van der Waals surface area contributed by atoms with E-state index in [4.69, 9.17) is 0 Å². The van der Waals surface area contributed by atoms with Crippen molar-refractivity contribution < 1.29 is 9.59 Å². The minimum Gasteiger partial charge on any atom is -0.295 e. The van der Waals surface area contributed by atoms with E-state index in [1.807, 2.05) is 26.2 Å². The molecule has 2 rings (SSSR count). The van der Waals surface area contributed by atoms with E-state index >= 15 is 0 Å². The maximum atomic E-state index is 12.0. The molecule has 4 nitrogen and oxygen atoms in total. The van der Waals surface area contributed by atoms with E-state index in [2.05, 4.69) is 10.3 Å². The molecule has 0 aliphatic carbocycles. The van der Waals surface area contributed by atoms with Gasteiger partial charge in [0.25, 0.3) is 11.7 Å². The Hall–Kier alpha value is -2.01. The quantitative estimate of drug-likeness (QED) is 0.693. The molecule has 1 N–H and O–H groups in total. The first-order valence-electron chi connectivity index (χ1n) is 6.35. The second-order valence-corrected chi connectivity index (χ2v) is 5.74. The third kappa shape index (κ3) is 3.30. The molecule has 0 saturated heterocycles. The van der Waals surface area contributed by atoms with Gasteiger partial charge in [-0.1, -0.05) is 43.7 Å². The Kier molecular flexibility index (Phi) is 4.29. The number of anilines is 1. The number of thiazole rings is 1. The Morgan fingerprint density at radius 2 is 1.85 bits per heavy atom. The summed E-state index contributed by atoms with van der Waals surface area (Å²) in [5.74, 6) is -0.908. The summed E-state index contributed by atoms with van der Waals surface area (Å²) in [6.45, 7) is 5.98. The molecule has 0 atom stereocenters. The van der Waals surface area contributed by atoms with Gasteiger partial charge in [0.05, 0.1) is 5.69 Å². The van der Waals surface area contributed by atoms with E-state index < -0.39 is 11.7 Å². The highest BCUT2D eigenvalue weighted by Crippen LogP contribution is 2.21. The average Bonchev–Trinajstić information content (AvgIpc) is 2.87. The highest BCUT2D eigenvalue weighted by atomic mass is 32.1. The van der Waals surface area contributed by atoms with Crippen molar-refractivity contribution in [3.63, 3.8) is 0 Å². The van der Waals surface area contributed by atoms with Gasteiger partial charge in [0.1, 0.15) is 0 Å². The largest absolute Gasteiger partial charge is 0.298 e. The molecular formula is C15H16N2O2S. The predicted molar refractivity (Wildman–Crippen MR) is 80.3 cm³/mol. The lowest BCUT2D eigenvalue weighted by molar-refractivity contribution is -0.112. The molecule has 0 unspecified atom stereocenters. The van der Waals surface area contributed by atoms with Gasteiger partial charge in [0.2, 0.25) is 0 Å². The highest BCUT2D eigenvalue weighted by molar-refractivity contribution is 7.14. The summed E-state index contributed by atoms with van der Waals surface area (Å²) < 4.78 is 0. The van der Waals surface area contributed by atoms with Crippen LogP contribution in [0.1, 0.15) is 41.4 Å². The topological polar surface area (TPSA) is 59.1 Å². The predicted octanol–water partition coefficient (Wildman–Crippen LogP) is 3.40. The van der Waals surface area contributed by atoms with Gasteiger partial charge in [0, 0.05) is 10.9 Å². The van der Waals surface area contributed by atoms with Crippen LogP contribution >= 0.6 is 11.3 Å². The Morgan fingerprint density at radius 1 is 1.20 bits per heavy atom. The number of hydrogen-bond donors (Lipinski definition) is 1. The Morgan fingerprint density at radius 3 is 2.40 bits per heavy atom. The number of carbonyl (C=O) groups is 2. The third-order valence-electron chi connectivity index (χ3n) is 2.85. The van der Waals surface area contributed by atoms with Crippen molar-refractivity contribution in [1.82, 2.24) is 4.98 Å². The lowest BCUT2D eigenvalue weighted by Crippen LogP contribution is -2.22. The lowest BCUT2D eigenvalue weighted by Gasteiger charge is -2.02. The number of ketones is 1. The molecule has 0 radical (unpaired) electrons. The van der Waals surface area contributed by atoms with Crippen LogP contribution in [0.2, 0.25) is 0 Å². The zero-order chi connectivity index (χ0) is 14.7. The number of nitrogens with one attached hydrogen (secondary N) is 1. The minimum absolute atomic E-state index is 0.296. The number of aromatic nitrogens is 1. The summed E-state index contributed by atoms with van der Waals surface area (Å²) in [5.41, 5.74) is 2.34. The molecule has 1 heterocycles. The number of rotatable bonds is 4. The molecule has 0 saturated carbocycles. The van der Waals surface area contributed by atoms with Gasteiger partial charge in [0.15, 0.2) is 5.13 Å². The van der Waals surface area contributed by atoms with Crippen molar-refractivity contribution >= 4 is 28.2 Å². The number of Topliss-reactive ketones (excluding diaryl/α,β-unsaturated/α-hetero) is 1. The molecule has 0 fully saturated rings. The van der Waals surface area contributed by atoms with Gasteiger partial charge in [-0.3, -0.25) is 14.9 Å². The molecule has 0 aliphatic rings. The fourth-order valence-corrected chi connectivity index (χ4v) is 2.47. The number of aryl methyl sites for hydroxylation is 1. The Balaban J connectivity index is 2.07. The van der Waals surface area contributed by atoms with E-state index in [0.717, 1.165) is 11.3 Å². The van der Waals surface area contributed by atoms with Crippen molar-refractivity contribution in [2.24, 2.45) is 0 Å². The molecule has 1 aromatic carbocycles. The van der Waals surface area contributed by atoms with Crippen LogP contribution in [0.5, 0.6) is 0 Å². The van der Waals surface area contributed by atoms with Crippen LogP contribution < -0.4 is 5.32 Å². The van der Waals surface area contributed by atoms with E-state index in [1.165, 1.54) is 11.3 Å². The van der Waals surface area contributed by atoms with Gasteiger partial charge >= 0.3 is 0 Å². The molecule has 0 aliphatic heterocycles. The summed E-state index contributed by atoms with van der Waals surface area (Å²) in [7, 11) is 0. The lowest BCUT2D eigenvalue weighted by atomic mass is 10.1. The molecule has 104 valence electrons. The first kappa shape index (κ1) is 14.4. The van der Waals surface area contributed by atoms with Crippen molar-refractivity contribution in [2.75, 3.05) is 5.32 Å². The van der Waals surface area contributed by atoms with E-state index in [9.17, 15) is 9.59 Å². The second-order valence-electron chi connectivity index (χ2n) is 4.88. The summed E-state index contributed by atoms with van der Waals surface area (Å²) in [6.07, 6.45) is 0. The maximum absolute atomic E-state index is 12.0. The van der Waals surface area contributed by atoms with Crippen molar-refractivity contribution in [2.45, 2.75) is 26.7 Å². The van der Waals surface area contributed by atoms with Gasteiger partial charge in [-0.05, 0) is 12.8 Å². The fraction of sp³-hybridized carbons (Fsp3) is 0.267. The highest BCUT2D eigenvalue weighted by Gasteiger charge is 2.17. The van der Waals surface area contributed by atoms with Gasteiger partial charge < -0.3 is 0 Å². The average molecular weight is 288 g/mol. The summed E-state index contributed by atoms with van der Waals surface area (Å²) in [5, 5.41) is 4.89. The van der Waals surface area contributed by atoms with Crippen LogP contribution in [0.4, 0.5) is 5.13 Å². The monoisotopic (exact) mass is 288 g/mol. The summed E-state index contributed by atoms with van der Waals surface area (Å²) in [4.78, 5) is 28.1. The molecule has 0 spiro atoms. The standard InChI is InChI=1S/C15H16N2O2S/c1-9(2)12-8-20-15(16-12)17-14(19)13(18)11-6-4-10(3)5-7-11/h4-9H,1-3H3,(H,16,17,19). The maximum Gasteiger partial charge on any atom is 0.298 e. The van der Waals surface area contributed by atoms with Crippen LogP contribution in [0.25, 0.3) is 0 Å². The second kappa shape index (κ2) is 5.96. The zero-order valence-corrected chi connectivity index (χ0v) is 12.5. The molecular weight excluding hydrogens is 272 g/mol. The number of hydrogen-bond acceptors (Lipinski definition) is 4. The molecule has 20 heavy (non-hydrogen) atoms. The van der Waals surface area contributed by atoms with Crippen LogP contribution in [-0.4, -0.2) is 16.7 Å². The SMILES string of the molecule is Cc1ccc(C(=O)C(=O)Nc2nc(C(C)C)cs2)cc1. The summed E-state index contributed by atoms with van der Waals surface area (Å²) >= 11 is 1.33. The normalized spacial score (nSPS) is 10.6. The molecule has 0 bridgehead atoms. The number of benzene rings is 1. The summed E-state index contributed by atoms with van der Waals surface area (Å²) in [6, 6.07) is 6.92. The number of carbonyl (C=O) groups excluding carboxylic acids is 2.